The van der Waals surface area contributed by atoms with Crippen LogP contribution in [-0.4, -0.2) is 17.5 Å². The van der Waals surface area contributed by atoms with E-state index in [0.717, 1.165) is 52.9 Å². The summed E-state index contributed by atoms with van der Waals surface area (Å²) in [6, 6.07) is 14.2. The van der Waals surface area contributed by atoms with E-state index in [1.165, 1.54) is 5.56 Å². The van der Waals surface area contributed by atoms with Crippen molar-refractivity contribution in [2.75, 3.05) is 6.61 Å². The standard InChI is InChI=1S/C27H34O4/c1-6-20(8-10-23-15-22-14-19(16-28)7-11-25(22)31-23)21-9-12-24(18(2)13-21)30-17-26(29)27(3,4)5/h7,9,11-15,20,28H,6,8,10,16-17H2,1-5H3. The second-order valence-electron chi connectivity index (χ2n) is 9.37. The molecular formula is C27H34O4. The predicted molar refractivity (Wildman–Crippen MR) is 125 cm³/mol. The molecule has 0 spiro atoms. The van der Waals surface area contributed by atoms with Crippen molar-refractivity contribution in [3.8, 4) is 5.75 Å². The number of hydrogen-bond acceptors (Lipinski definition) is 4. The zero-order valence-corrected chi connectivity index (χ0v) is 19.3. The molecule has 1 atom stereocenters. The van der Waals surface area contributed by atoms with E-state index < -0.39 is 5.41 Å². The Morgan fingerprint density at radius 2 is 1.90 bits per heavy atom. The van der Waals surface area contributed by atoms with Crippen LogP contribution in [0.3, 0.4) is 0 Å². The smallest absolute Gasteiger partial charge is 0.175 e. The Bertz CT molecular complexity index is 1040. The Labute approximate surface area is 185 Å². The van der Waals surface area contributed by atoms with E-state index in [-0.39, 0.29) is 19.0 Å². The van der Waals surface area contributed by atoms with Crippen LogP contribution in [0.15, 0.2) is 46.9 Å². The molecule has 0 saturated carbocycles. The highest BCUT2D eigenvalue weighted by Gasteiger charge is 2.22. The molecule has 4 heteroatoms. The molecule has 1 unspecified atom stereocenters. The number of hydrogen-bond donors (Lipinski definition) is 1. The molecule has 4 nitrogen and oxygen atoms in total. The number of aliphatic hydroxyl groups is 1. The summed E-state index contributed by atoms with van der Waals surface area (Å²) >= 11 is 0. The number of ketones is 1. The molecule has 0 aliphatic rings. The van der Waals surface area contributed by atoms with Crippen LogP contribution in [0.2, 0.25) is 0 Å². The maximum absolute atomic E-state index is 12.1. The van der Waals surface area contributed by atoms with Gasteiger partial charge in [0.2, 0.25) is 0 Å². The van der Waals surface area contributed by atoms with Gasteiger partial charge >= 0.3 is 0 Å². The van der Waals surface area contributed by atoms with Gasteiger partial charge in [-0.15, -0.1) is 0 Å². The second-order valence-corrected chi connectivity index (χ2v) is 9.37. The van der Waals surface area contributed by atoms with Crippen LogP contribution in [0, 0.1) is 12.3 Å². The molecule has 0 aliphatic carbocycles. The Morgan fingerprint density at radius 1 is 1.13 bits per heavy atom. The summed E-state index contributed by atoms with van der Waals surface area (Å²) in [6.07, 6.45) is 2.89. The third-order valence-corrected chi connectivity index (χ3v) is 5.91. The highest BCUT2D eigenvalue weighted by Crippen LogP contribution is 2.31. The first-order valence-corrected chi connectivity index (χ1v) is 11.1. The zero-order chi connectivity index (χ0) is 22.6. The van der Waals surface area contributed by atoms with Crippen molar-refractivity contribution >= 4 is 16.8 Å². The molecule has 0 bridgehead atoms. The number of rotatable bonds is 9. The normalized spacial score (nSPS) is 12.8. The van der Waals surface area contributed by atoms with Gasteiger partial charge in [-0.2, -0.15) is 0 Å². The lowest BCUT2D eigenvalue weighted by Gasteiger charge is -2.19. The van der Waals surface area contributed by atoms with E-state index in [0.29, 0.717) is 5.92 Å². The summed E-state index contributed by atoms with van der Waals surface area (Å²) in [5.74, 6) is 2.26. The molecule has 0 radical (unpaired) electrons. The number of aryl methyl sites for hydroxylation is 2. The maximum Gasteiger partial charge on any atom is 0.175 e. The number of carbonyl (C=O) groups excluding carboxylic acids is 1. The summed E-state index contributed by atoms with van der Waals surface area (Å²) < 4.78 is 11.8. The monoisotopic (exact) mass is 422 g/mol. The van der Waals surface area contributed by atoms with Crippen LogP contribution >= 0.6 is 0 Å². The molecule has 1 aromatic heterocycles. The van der Waals surface area contributed by atoms with Gasteiger partial charge in [0.1, 0.15) is 23.7 Å². The molecule has 1 N–H and O–H groups in total. The van der Waals surface area contributed by atoms with Gasteiger partial charge in [-0.1, -0.05) is 45.9 Å². The Hall–Kier alpha value is -2.59. The lowest BCUT2D eigenvalue weighted by molar-refractivity contribution is -0.128. The summed E-state index contributed by atoms with van der Waals surface area (Å²) in [4.78, 5) is 12.1. The fraction of sp³-hybridized carbons (Fsp3) is 0.444. The van der Waals surface area contributed by atoms with E-state index in [1.807, 2.05) is 52.0 Å². The van der Waals surface area contributed by atoms with Crippen molar-refractivity contribution in [1.82, 2.24) is 0 Å². The summed E-state index contributed by atoms with van der Waals surface area (Å²) in [6.45, 7) is 10.1. The zero-order valence-electron chi connectivity index (χ0n) is 19.3. The molecule has 31 heavy (non-hydrogen) atoms. The highest BCUT2D eigenvalue weighted by molar-refractivity contribution is 5.85. The quantitative estimate of drug-likeness (QED) is 0.436. The molecule has 3 aromatic rings. The fourth-order valence-corrected chi connectivity index (χ4v) is 3.74. The molecule has 3 rings (SSSR count). The van der Waals surface area contributed by atoms with Gasteiger partial charge in [-0.05, 0) is 66.6 Å². The molecule has 0 fully saturated rings. The van der Waals surface area contributed by atoms with Crippen LogP contribution in [0.25, 0.3) is 11.0 Å². The van der Waals surface area contributed by atoms with Crippen molar-refractivity contribution in [1.29, 1.82) is 0 Å². The van der Waals surface area contributed by atoms with Crippen LogP contribution in [0.1, 0.15) is 68.9 Å². The number of benzene rings is 2. The van der Waals surface area contributed by atoms with E-state index in [9.17, 15) is 9.90 Å². The molecular weight excluding hydrogens is 388 g/mol. The number of aliphatic hydroxyl groups excluding tert-OH is 1. The minimum Gasteiger partial charge on any atom is -0.486 e. The number of ether oxygens (including phenoxy) is 1. The molecule has 1 heterocycles. The lowest BCUT2D eigenvalue weighted by Crippen LogP contribution is -2.26. The third-order valence-electron chi connectivity index (χ3n) is 5.91. The Balaban J connectivity index is 1.65. The van der Waals surface area contributed by atoms with E-state index in [2.05, 4.69) is 25.1 Å². The predicted octanol–water partition coefficient (Wildman–Crippen LogP) is 6.35. The first-order valence-electron chi connectivity index (χ1n) is 11.1. The fourth-order valence-electron chi connectivity index (χ4n) is 3.74. The minimum absolute atomic E-state index is 0.0395. The lowest BCUT2D eigenvalue weighted by atomic mass is 9.90. The van der Waals surface area contributed by atoms with Crippen LogP contribution in [0.5, 0.6) is 5.75 Å². The van der Waals surface area contributed by atoms with Crippen LogP contribution in [-0.2, 0) is 17.8 Å². The second kappa shape index (κ2) is 9.69. The third kappa shape index (κ3) is 5.76. The van der Waals surface area contributed by atoms with Gasteiger partial charge in [0, 0.05) is 17.2 Å². The van der Waals surface area contributed by atoms with Gasteiger partial charge in [0.25, 0.3) is 0 Å². The van der Waals surface area contributed by atoms with E-state index in [1.54, 1.807) is 0 Å². The SMILES string of the molecule is CCC(CCc1cc2cc(CO)ccc2o1)c1ccc(OCC(=O)C(C)(C)C)c(C)c1. The van der Waals surface area contributed by atoms with Crippen molar-refractivity contribution in [2.45, 2.75) is 66.4 Å². The first kappa shape index (κ1) is 23.1. The van der Waals surface area contributed by atoms with Crippen molar-refractivity contribution in [3.63, 3.8) is 0 Å². The van der Waals surface area contributed by atoms with Crippen molar-refractivity contribution in [2.24, 2.45) is 5.41 Å². The average Bonchev–Trinajstić information content (AvgIpc) is 3.14. The highest BCUT2D eigenvalue weighted by atomic mass is 16.5. The van der Waals surface area contributed by atoms with Gasteiger partial charge in [-0.25, -0.2) is 0 Å². The summed E-state index contributed by atoms with van der Waals surface area (Å²) in [5, 5.41) is 10.4. The van der Waals surface area contributed by atoms with Gasteiger partial charge in [0.15, 0.2) is 5.78 Å². The van der Waals surface area contributed by atoms with Crippen LogP contribution in [0.4, 0.5) is 0 Å². The first-order chi connectivity index (χ1) is 14.7. The number of carbonyl (C=O) groups is 1. The van der Waals surface area contributed by atoms with Gasteiger partial charge in [-0.3, -0.25) is 4.79 Å². The molecule has 2 aromatic carbocycles. The molecule has 166 valence electrons. The number of Topliss-reactive ketones (excluding diaryl/α,β-unsaturated/α-hetero) is 1. The van der Waals surface area contributed by atoms with Crippen molar-refractivity contribution in [3.05, 3.63) is 64.9 Å². The van der Waals surface area contributed by atoms with E-state index in [4.69, 9.17) is 9.15 Å². The topological polar surface area (TPSA) is 59.7 Å². The van der Waals surface area contributed by atoms with Crippen LogP contribution < -0.4 is 4.74 Å². The van der Waals surface area contributed by atoms with Gasteiger partial charge < -0.3 is 14.3 Å². The molecule has 0 amide bonds. The summed E-state index contributed by atoms with van der Waals surface area (Å²) in [5.41, 5.74) is 3.71. The summed E-state index contributed by atoms with van der Waals surface area (Å²) in [7, 11) is 0. The minimum atomic E-state index is -0.391. The van der Waals surface area contributed by atoms with E-state index >= 15 is 0 Å². The maximum atomic E-state index is 12.1. The Morgan fingerprint density at radius 3 is 2.55 bits per heavy atom. The number of fused-ring (bicyclic) bond motifs is 1. The number of furan rings is 1. The van der Waals surface area contributed by atoms with Crippen molar-refractivity contribution < 1.29 is 19.1 Å². The average molecular weight is 423 g/mol. The molecule has 0 saturated heterocycles. The molecule has 0 aliphatic heterocycles. The largest absolute Gasteiger partial charge is 0.486 e. The van der Waals surface area contributed by atoms with Gasteiger partial charge in [0.05, 0.1) is 6.61 Å². The Kier molecular flexibility index (Phi) is 7.22.